The summed E-state index contributed by atoms with van der Waals surface area (Å²) in [5.74, 6) is -0.0660. The highest BCUT2D eigenvalue weighted by atomic mass is 16.3. The second-order valence-electron chi connectivity index (χ2n) is 23.6. The molecule has 0 bridgehead atoms. The first kappa shape index (κ1) is 72.6. The summed E-state index contributed by atoms with van der Waals surface area (Å²) in [6.07, 6.45) is 90.9. The third kappa shape index (κ3) is 61.5. The van der Waals surface area contributed by atoms with Gasteiger partial charge in [0.1, 0.15) is 0 Å². The summed E-state index contributed by atoms with van der Waals surface area (Å²) in [7, 11) is 0. The number of rotatable bonds is 64. The van der Waals surface area contributed by atoms with Gasteiger partial charge in [-0.25, -0.2) is 0 Å². The first-order valence-electron chi connectivity index (χ1n) is 34.2. The van der Waals surface area contributed by atoms with Crippen molar-refractivity contribution in [2.45, 2.75) is 398 Å². The third-order valence-electron chi connectivity index (χ3n) is 16.1. The van der Waals surface area contributed by atoms with Crippen LogP contribution in [0.2, 0.25) is 0 Å². The molecule has 0 radical (unpaired) electrons. The molecule has 2 atom stereocenters. The lowest BCUT2D eigenvalue weighted by molar-refractivity contribution is -0.123. The summed E-state index contributed by atoms with van der Waals surface area (Å²) < 4.78 is 0. The fraction of sp³-hybridized carbons (Fsp3) is 0.900. The van der Waals surface area contributed by atoms with Crippen LogP contribution in [0.3, 0.4) is 0 Å². The fourth-order valence-corrected chi connectivity index (χ4v) is 10.9. The van der Waals surface area contributed by atoms with Crippen molar-refractivity contribution in [3.05, 3.63) is 36.5 Å². The monoisotopic (exact) mass is 1040 g/mol. The average Bonchev–Trinajstić information content (AvgIpc) is 3.40. The maximum absolute atomic E-state index is 12.5. The van der Waals surface area contributed by atoms with Gasteiger partial charge in [0, 0.05) is 6.42 Å². The highest BCUT2D eigenvalue weighted by Gasteiger charge is 2.18. The van der Waals surface area contributed by atoms with Crippen LogP contribution >= 0.6 is 0 Å². The molecule has 0 rings (SSSR count). The zero-order chi connectivity index (χ0) is 53.4. The van der Waals surface area contributed by atoms with Crippen LogP contribution in [0.5, 0.6) is 0 Å². The Kier molecular flexibility index (Phi) is 64.7. The number of amides is 1. The molecule has 0 spiro atoms. The van der Waals surface area contributed by atoms with Gasteiger partial charge >= 0.3 is 0 Å². The zero-order valence-corrected chi connectivity index (χ0v) is 50.6. The van der Waals surface area contributed by atoms with Crippen molar-refractivity contribution in [1.82, 2.24) is 5.32 Å². The molecule has 74 heavy (non-hydrogen) atoms. The minimum Gasteiger partial charge on any atom is -0.394 e. The summed E-state index contributed by atoms with van der Waals surface area (Å²) in [6.45, 7) is 4.34. The first-order chi connectivity index (χ1) is 36.7. The van der Waals surface area contributed by atoms with Crippen LogP contribution in [0.15, 0.2) is 36.5 Å². The molecular formula is C70H135NO3. The van der Waals surface area contributed by atoms with E-state index in [0.29, 0.717) is 6.42 Å². The highest BCUT2D eigenvalue weighted by Crippen LogP contribution is 2.19. The summed E-state index contributed by atoms with van der Waals surface area (Å²) in [5, 5.41) is 23.3. The number of aliphatic hydroxyl groups excluding tert-OH is 2. The van der Waals surface area contributed by atoms with E-state index in [1.807, 2.05) is 6.08 Å². The largest absolute Gasteiger partial charge is 0.394 e. The molecule has 3 N–H and O–H groups in total. The van der Waals surface area contributed by atoms with Gasteiger partial charge in [0.05, 0.1) is 18.8 Å². The molecule has 4 nitrogen and oxygen atoms in total. The molecule has 0 aromatic carbocycles. The number of hydrogen-bond donors (Lipinski definition) is 3. The van der Waals surface area contributed by atoms with E-state index < -0.39 is 12.1 Å². The number of carbonyl (C=O) groups is 1. The average molecular weight is 1040 g/mol. The van der Waals surface area contributed by atoms with E-state index in [4.69, 9.17) is 0 Å². The molecule has 0 aromatic heterocycles. The Labute approximate surface area is 465 Å². The van der Waals surface area contributed by atoms with Crippen LogP contribution in [0, 0.1) is 0 Å². The van der Waals surface area contributed by atoms with E-state index in [9.17, 15) is 15.0 Å². The van der Waals surface area contributed by atoms with Gasteiger partial charge in [0.25, 0.3) is 0 Å². The van der Waals surface area contributed by atoms with E-state index >= 15 is 0 Å². The molecule has 0 saturated carbocycles. The van der Waals surface area contributed by atoms with Gasteiger partial charge in [-0.05, 0) is 57.8 Å². The van der Waals surface area contributed by atoms with Crippen molar-refractivity contribution in [3.8, 4) is 0 Å². The van der Waals surface area contributed by atoms with Gasteiger partial charge in [-0.3, -0.25) is 4.79 Å². The highest BCUT2D eigenvalue weighted by molar-refractivity contribution is 5.76. The number of nitrogens with one attached hydrogen (secondary N) is 1. The van der Waals surface area contributed by atoms with Crippen LogP contribution < -0.4 is 5.32 Å². The minimum absolute atomic E-state index is 0.0660. The van der Waals surface area contributed by atoms with Crippen molar-refractivity contribution < 1.29 is 15.0 Å². The van der Waals surface area contributed by atoms with E-state index in [1.165, 1.54) is 334 Å². The normalized spacial score (nSPS) is 12.9. The standard InChI is InChI=1S/C70H135NO3/c1-3-5-7-9-11-13-15-17-19-21-23-25-27-29-31-33-35-37-39-41-43-45-47-49-51-53-55-57-59-61-63-65-69(73)68(67-72)71-70(74)66-64-62-60-58-56-54-52-50-48-46-44-42-40-38-36-34-32-30-28-26-24-22-20-18-16-14-12-10-8-6-4-2/h22,24,55,57,63,65,68-69,72-73H,3-21,23,25-54,56,58-62,64,66-67H2,1-2H3,(H,71,74)/b24-22-,57-55+,65-63+. The topological polar surface area (TPSA) is 69.6 Å². The molecule has 0 aromatic rings. The Morgan fingerprint density at radius 2 is 0.527 bits per heavy atom. The van der Waals surface area contributed by atoms with Gasteiger partial charge in [-0.1, -0.05) is 359 Å². The van der Waals surface area contributed by atoms with Crippen molar-refractivity contribution in [3.63, 3.8) is 0 Å². The number of hydrogen-bond acceptors (Lipinski definition) is 3. The molecule has 2 unspecified atom stereocenters. The van der Waals surface area contributed by atoms with E-state index in [2.05, 4.69) is 43.5 Å². The molecular weight excluding hydrogens is 903 g/mol. The Morgan fingerprint density at radius 1 is 0.311 bits per heavy atom. The molecule has 0 saturated heterocycles. The fourth-order valence-electron chi connectivity index (χ4n) is 10.9. The molecule has 438 valence electrons. The van der Waals surface area contributed by atoms with E-state index in [1.54, 1.807) is 6.08 Å². The van der Waals surface area contributed by atoms with E-state index in [-0.39, 0.29) is 12.5 Å². The number of unbranched alkanes of at least 4 members (excludes halogenated alkanes) is 53. The molecule has 0 fully saturated rings. The lowest BCUT2D eigenvalue weighted by Crippen LogP contribution is -2.45. The third-order valence-corrected chi connectivity index (χ3v) is 16.1. The van der Waals surface area contributed by atoms with Crippen LogP contribution in [0.1, 0.15) is 386 Å². The Morgan fingerprint density at radius 3 is 0.784 bits per heavy atom. The molecule has 1 amide bonds. The van der Waals surface area contributed by atoms with Crippen LogP contribution in [0.4, 0.5) is 0 Å². The predicted molar refractivity (Wildman–Crippen MR) is 332 cm³/mol. The Bertz CT molecular complexity index is 1130. The second-order valence-corrected chi connectivity index (χ2v) is 23.6. The number of aliphatic hydroxyl groups is 2. The van der Waals surface area contributed by atoms with Crippen molar-refractivity contribution >= 4 is 5.91 Å². The number of carbonyl (C=O) groups excluding carboxylic acids is 1. The maximum atomic E-state index is 12.5. The lowest BCUT2D eigenvalue weighted by atomic mass is 10.0. The molecule has 0 aliphatic heterocycles. The van der Waals surface area contributed by atoms with Gasteiger partial charge < -0.3 is 15.5 Å². The minimum atomic E-state index is -0.863. The lowest BCUT2D eigenvalue weighted by Gasteiger charge is -2.19. The van der Waals surface area contributed by atoms with Gasteiger partial charge in [0.15, 0.2) is 0 Å². The first-order valence-corrected chi connectivity index (χ1v) is 34.2. The van der Waals surface area contributed by atoms with Crippen LogP contribution in [-0.2, 0) is 4.79 Å². The van der Waals surface area contributed by atoms with Crippen LogP contribution in [-0.4, -0.2) is 34.9 Å². The van der Waals surface area contributed by atoms with Crippen LogP contribution in [0.25, 0.3) is 0 Å². The Hall–Kier alpha value is -1.39. The maximum Gasteiger partial charge on any atom is 0.220 e. The molecule has 0 aliphatic carbocycles. The summed E-state index contributed by atoms with van der Waals surface area (Å²) in [5.41, 5.74) is 0. The van der Waals surface area contributed by atoms with Gasteiger partial charge in [-0.2, -0.15) is 0 Å². The summed E-state index contributed by atoms with van der Waals surface area (Å²) in [6, 6.07) is -0.639. The van der Waals surface area contributed by atoms with E-state index in [0.717, 1.165) is 32.1 Å². The van der Waals surface area contributed by atoms with Crippen molar-refractivity contribution in [2.24, 2.45) is 0 Å². The zero-order valence-electron chi connectivity index (χ0n) is 50.6. The Balaban J connectivity index is 3.45. The summed E-state index contributed by atoms with van der Waals surface area (Å²) >= 11 is 0. The quantitative estimate of drug-likeness (QED) is 0.0420. The molecule has 0 heterocycles. The molecule has 0 aliphatic rings. The van der Waals surface area contributed by atoms with Crippen molar-refractivity contribution in [1.29, 1.82) is 0 Å². The summed E-state index contributed by atoms with van der Waals surface area (Å²) in [4.78, 5) is 12.5. The van der Waals surface area contributed by atoms with Crippen molar-refractivity contribution in [2.75, 3.05) is 6.61 Å². The van der Waals surface area contributed by atoms with Gasteiger partial charge in [0.2, 0.25) is 5.91 Å². The molecule has 4 heteroatoms. The number of allylic oxidation sites excluding steroid dienone is 5. The smallest absolute Gasteiger partial charge is 0.220 e. The predicted octanol–water partition coefficient (Wildman–Crippen LogP) is 23.2. The second kappa shape index (κ2) is 65.9. The van der Waals surface area contributed by atoms with Gasteiger partial charge in [-0.15, -0.1) is 0 Å². The SMILES string of the molecule is CCCCCCCCCC/C=C\CCCCCCCCCCCCCCCCCCCCCC(=O)NC(CO)C(O)/C=C/CC/C=C/CCCCCCCCCCCCCCCCCCCCCCCCCCC.